The Morgan fingerprint density at radius 2 is 1.95 bits per heavy atom. The number of pyridine rings is 1. The molecule has 0 aliphatic carbocycles. The molecule has 0 saturated heterocycles. The molecule has 2 aromatic carbocycles. The lowest BCUT2D eigenvalue weighted by Gasteiger charge is -2.07. The summed E-state index contributed by atoms with van der Waals surface area (Å²) in [5.41, 5.74) is 1.89. The van der Waals surface area contributed by atoms with Crippen LogP contribution in [0.2, 0.25) is 0 Å². The van der Waals surface area contributed by atoms with E-state index in [-0.39, 0.29) is 5.75 Å². The Bertz CT molecular complexity index is 710. The summed E-state index contributed by atoms with van der Waals surface area (Å²) in [7, 11) is 0. The zero-order valence-electron chi connectivity index (χ0n) is 10.3. The van der Waals surface area contributed by atoms with E-state index < -0.39 is 0 Å². The molecular weight excluding hydrogens is 238 g/mol. The third-order valence-electron chi connectivity index (χ3n) is 2.89. The lowest BCUT2D eigenvalue weighted by atomic mass is 10.2. The van der Waals surface area contributed by atoms with Gasteiger partial charge >= 0.3 is 0 Å². The van der Waals surface area contributed by atoms with Crippen LogP contribution in [0.5, 0.6) is 11.5 Å². The van der Waals surface area contributed by atoms with Gasteiger partial charge in [0, 0.05) is 11.6 Å². The van der Waals surface area contributed by atoms with Crippen molar-refractivity contribution in [2.24, 2.45) is 0 Å². The average Bonchev–Trinajstić information content (AvgIpc) is 2.45. The molecule has 0 aliphatic heterocycles. The van der Waals surface area contributed by atoms with Crippen LogP contribution in [0.25, 0.3) is 10.9 Å². The first-order valence-electron chi connectivity index (χ1n) is 6.07. The molecule has 1 aromatic heterocycles. The van der Waals surface area contributed by atoms with Crippen LogP contribution in [0, 0.1) is 0 Å². The summed E-state index contributed by atoms with van der Waals surface area (Å²) < 4.78 is 5.72. The Morgan fingerprint density at radius 1 is 1.00 bits per heavy atom. The maximum Gasteiger partial charge on any atom is 0.120 e. The normalized spacial score (nSPS) is 10.5. The Labute approximate surface area is 111 Å². The summed E-state index contributed by atoms with van der Waals surface area (Å²) in [5.74, 6) is 1.05. The number of benzene rings is 2. The van der Waals surface area contributed by atoms with Gasteiger partial charge < -0.3 is 9.84 Å². The highest BCUT2D eigenvalue weighted by atomic mass is 16.5. The first kappa shape index (κ1) is 11.5. The van der Waals surface area contributed by atoms with Crippen molar-refractivity contribution < 1.29 is 9.84 Å². The second kappa shape index (κ2) is 4.98. The third-order valence-corrected chi connectivity index (χ3v) is 2.89. The van der Waals surface area contributed by atoms with Gasteiger partial charge in [-0.05, 0) is 42.0 Å². The highest BCUT2D eigenvalue weighted by Crippen LogP contribution is 2.20. The molecule has 1 N–H and O–H groups in total. The molecule has 0 amide bonds. The fraction of sp³-hybridized carbons (Fsp3) is 0.0625. The van der Waals surface area contributed by atoms with E-state index >= 15 is 0 Å². The molecule has 3 nitrogen and oxygen atoms in total. The lowest BCUT2D eigenvalue weighted by molar-refractivity contribution is 0.306. The number of rotatable bonds is 3. The zero-order valence-corrected chi connectivity index (χ0v) is 10.3. The standard InChI is InChI=1S/C16H13NO2/c18-14-5-1-3-12(9-14)11-19-15-6-7-16-13(10-15)4-2-8-17-16/h1-10,18H,11H2. The molecule has 3 heteroatoms. The predicted molar refractivity (Wildman–Crippen MR) is 74.2 cm³/mol. The Hall–Kier alpha value is -2.55. The van der Waals surface area contributed by atoms with Crippen LogP contribution >= 0.6 is 0 Å². The van der Waals surface area contributed by atoms with E-state index in [4.69, 9.17) is 4.74 Å². The molecule has 1 heterocycles. The summed E-state index contributed by atoms with van der Waals surface area (Å²) in [5, 5.41) is 10.4. The smallest absolute Gasteiger partial charge is 0.120 e. The minimum absolute atomic E-state index is 0.254. The Morgan fingerprint density at radius 3 is 2.84 bits per heavy atom. The number of phenolic OH excluding ortho intramolecular Hbond substituents is 1. The van der Waals surface area contributed by atoms with Crippen LogP contribution < -0.4 is 4.74 Å². The van der Waals surface area contributed by atoms with E-state index in [1.807, 2.05) is 36.4 Å². The maximum absolute atomic E-state index is 9.39. The van der Waals surface area contributed by atoms with Crippen LogP contribution in [0.15, 0.2) is 60.8 Å². The van der Waals surface area contributed by atoms with Crippen molar-refractivity contribution in [1.29, 1.82) is 0 Å². The van der Waals surface area contributed by atoms with Gasteiger partial charge in [-0.2, -0.15) is 0 Å². The second-order valence-corrected chi connectivity index (χ2v) is 4.32. The zero-order chi connectivity index (χ0) is 13.1. The lowest BCUT2D eigenvalue weighted by Crippen LogP contribution is -1.95. The van der Waals surface area contributed by atoms with Crippen molar-refractivity contribution in [2.45, 2.75) is 6.61 Å². The molecule has 3 rings (SSSR count). The SMILES string of the molecule is Oc1cccc(COc2ccc3ncccc3c2)c1. The summed E-state index contributed by atoms with van der Waals surface area (Å²) in [4.78, 5) is 4.26. The van der Waals surface area contributed by atoms with E-state index in [2.05, 4.69) is 4.98 Å². The van der Waals surface area contributed by atoms with Crippen molar-refractivity contribution in [3.63, 3.8) is 0 Å². The fourth-order valence-corrected chi connectivity index (χ4v) is 1.96. The number of phenols is 1. The van der Waals surface area contributed by atoms with E-state index in [1.54, 1.807) is 24.4 Å². The molecule has 0 aliphatic rings. The minimum atomic E-state index is 0.254. The number of hydrogen-bond donors (Lipinski definition) is 1. The van der Waals surface area contributed by atoms with Crippen LogP contribution in [0.3, 0.4) is 0 Å². The highest BCUT2D eigenvalue weighted by Gasteiger charge is 1.99. The van der Waals surface area contributed by atoms with Gasteiger partial charge in [0.1, 0.15) is 18.1 Å². The molecular formula is C16H13NO2. The number of ether oxygens (including phenoxy) is 1. The summed E-state index contributed by atoms with van der Waals surface area (Å²) in [6, 6.07) is 16.8. The van der Waals surface area contributed by atoms with Crippen molar-refractivity contribution in [2.75, 3.05) is 0 Å². The summed E-state index contributed by atoms with van der Waals surface area (Å²) >= 11 is 0. The van der Waals surface area contributed by atoms with Gasteiger partial charge in [0.05, 0.1) is 5.52 Å². The van der Waals surface area contributed by atoms with E-state index in [9.17, 15) is 5.11 Å². The van der Waals surface area contributed by atoms with Gasteiger partial charge in [-0.25, -0.2) is 0 Å². The Kier molecular flexibility index (Phi) is 3.02. The van der Waals surface area contributed by atoms with Gasteiger partial charge in [-0.1, -0.05) is 18.2 Å². The van der Waals surface area contributed by atoms with Crippen molar-refractivity contribution in [1.82, 2.24) is 4.98 Å². The molecule has 0 fully saturated rings. The number of aromatic nitrogens is 1. The molecule has 0 saturated carbocycles. The van der Waals surface area contributed by atoms with Gasteiger partial charge in [-0.15, -0.1) is 0 Å². The van der Waals surface area contributed by atoms with Crippen molar-refractivity contribution in [3.8, 4) is 11.5 Å². The number of hydrogen-bond acceptors (Lipinski definition) is 3. The second-order valence-electron chi connectivity index (χ2n) is 4.32. The van der Waals surface area contributed by atoms with E-state index in [0.29, 0.717) is 6.61 Å². The molecule has 0 atom stereocenters. The number of fused-ring (bicyclic) bond motifs is 1. The predicted octanol–water partition coefficient (Wildman–Crippen LogP) is 3.52. The molecule has 0 unspecified atom stereocenters. The third kappa shape index (κ3) is 2.65. The molecule has 0 bridgehead atoms. The fourth-order valence-electron chi connectivity index (χ4n) is 1.96. The topological polar surface area (TPSA) is 42.4 Å². The first-order valence-corrected chi connectivity index (χ1v) is 6.07. The first-order chi connectivity index (χ1) is 9.31. The monoisotopic (exact) mass is 251 g/mol. The largest absolute Gasteiger partial charge is 0.508 e. The molecule has 0 radical (unpaired) electrons. The Balaban J connectivity index is 1.78. The van der Waals surface area contributed by atoms with Crippen LogP contribution in [0.4, 0.5) is 0 Å². The molecule has 0 spiro atoms. The number of nitrogens with zero attached hydrogens (tertiary/aromatic N) is 1. The van der Waals surface area contributed by atoms with Crippen molar-refractivity contribution >= 4 is 10.9 Å². The van der Waals surface area contributed by atoms with Gasteiger partial charge in [-0.3, -0.25) is 4.98 Å². The average molecular weight is 251 g/mol. The molecule has 3 aromatic rings. The van der Waals surface area contributed by atoms with Gasteiger partial charge in [0.15, 0.2) is 0 Å². The van der Waals surface area contributed by atoms with Gasteiger partial charge in [0.25, 0.3) is 0 Å². The van der Waals surface area contributed by atoms with E-state index in [0.717, 1.165) is 22.2 Å². The minimum Gasteiger partial charge on any atom is -0.508 e. The quantitative estimate of drug-likeness (QED) is 0.774. The van der Waals surface area contributed by atoms with Crippen molar-refractivity contribution in [3.05, 3.63) is 66.4 Å². The van der Waals surface area contributed by atoms with Crippen LogP contribution in [-0.4, -0.2) is 10.1 Å². The molecule has 19 heavy (non-hydrogen) atoms. The highest BCUT2D eigenvalue weighted by molar-refractivity contribution is 5.79. The van der Waals surface area contributed by atoms with Crippen LogP contribution in [0.1, 0.15) is 5.56 Å². The summed E-state index contributed by atoms with van der Waals surface area (Å²) in [6.07, 6.45) is 1.77. The van der Waals surface area contributed by atoms with E-state index in [1.165, 1.54) is 0 Å². The molecule has 94 valence electrons. The maximum atomic E-state index is 9.39. The van der Waals surface area contributed by atoms with Gasteiger partial charge in [0.2, 0.25) is 0 Å². The summed E-state index contributed by atoms with van der Waals surface area (Å²) in [6.45, 7) is 0.431. The van der Waals surface area contributed by atoms with Crippen LogP contribution in [-0.2, 0) is 6.61 Å². The number of aromatic hydroxyl groups is 1.